The van der Waals surface area contributed by atoms with Crippen LogP contribution in [0.5, 0.6) is 5.75 Å². The summed E-state index contributed by atoms with van der Waals surface area (Å²) in [6, 6.07) is 7.64. The van der Waals surface area contributed by atoms with Gasteiger partial charge in [0.1, 0.15) is 5.75 Å². The van der Waals surface area contributed by atoms with Gasteiger partial charge in [0, 0.05) is 26.2 Å². The molecule has 0 aliphatic carbocycles. The molecule has 1 heterocycles. The Morgan fingerprint density at radius 1 is 1.17 bits per heavy atom. The fourth-order valence-electron chi connectivity index (χ4n) is 2.13. The average Bonchev–Trinajstić information content (AvgIpc) is 2.34. The van der Waals surface area contributed by atoms with Gasteiger partial charge >= 0.3 is 0 Å². The van der Waals surface area contributed by atoms with Gasteiger partial charge in [-0.05, 0) is 17.7 Å². The molecule has 3 nitrogen and oxygen atoms in total. The third kappa shape index (κ3) is 4.18. The summed E-state index contributed by atoms with van der Waals surface area (Å²) in [5.41, 5.74) is 1.19. The van der Waals surface area contributed by atoms with Gasteiger partial charge in [0.25, 0.3) is 0 Å². The number of benzene rings is 1. The van der Waals surface area contributed by atoms with Crippen molar-refractivity contribution in [3.8, 4) is 5.75 Å². The van der Waals surface area contributed by atoms with Gasteiger partial charge in [-0.2, -0.15) is 0 Å². The highest BCUT2D eigenvalue weighted by Gasteiger charge is 2.18. The topological polar surface area (TPSA) is 35.5 Å². The number of hydrogen-bond donors (Lipinski definition) is 2. The van der Waals surface area contributed by atoms with Crippen molar-refractivity contribution < 1.29 is 5.11 Å². The van der Waals surface area contributed by atoms with Gasteiger partial charge in [0.2, 0.25) is 0 Å². The van der Waals surface area contributed by atoms with E-state index in [1.54, 1.807) is 12.1 Å². The van der Waals surface area contributed by atoms with E-state index in [0.717, 1.165) is 26.2 Å². The molecule has 2 rings (SSSR count). The number of nitrogens with one attached hydrogen (secondary N) is 1. The Labute approximate surface area is 121 Å². The van der Waals surface area contributed by atoms with Crippen molar-refractivity contribution in [3.05, 3.63) is 42.5 Å². The van der Waals surface area contributed by atoms with Crippen molar-refractivity contribution in [1.82, 2.24) is 10.2 Å². The maximum Gasteiger partial charge on any atom is 0.115 e. The fourth-order valence-corrected chi connectivity index (χ4v) is 2.13. The molecule has 102 valence electrons. The van der Waals surface area contributed by atoms with Crippen LogP contribution >= 0.6 is 24.8 Å². The highest BCUT2D eigenvalue weighted by molar-refractivity contribution is 5.85. The summed E-state index contributed by atoms with van der Waals surface area (Å²) in [5, 5.41) is 12.6. The van der Waals surface area contributed by atoms with E-state index < -0.39 is 0 Å². The first kappa shape index (κ1) is 17.3. The van der Waals surface area contributed by atoms with Crippen LogP contribution < -0.4 is 5.32 Å². The molecular formula is C13H20Cl2N2O. The minimum atomic E-state index is 0. The molecule has 1 fully saturated rings. The minimum absolute atomic E-state index is 0. The Morgan fingerprint density at radius 3 is 2.22 bits per heavy atom. The summed E-state index contributed by atoms with van der Waals surface area (Å²) in [6.45, 7) is 8.05. The lowest BCUT2D eigenvalue weighted by Gasteiger charge is -2.33. The van der Waals surface area contributed by atoms with Crippen molar-refractivity contribution in [3.63, 3.8) is 0 Å². The SMILES string of the molecule is C=C[C@H](c1ccc(O)cc1)N1CCNCC1.Cl.Cl. The Balaban J connectivity index is 0.00000144. The lowest BCUT2D eigenvalue weighted by molar-refractivity contribution is 0.203. The molecule has 1 aromatic rings. The highest BCUT2D eigenvalue weighted by atomic mass is 35.5. The predicted octanol–water partition coefficient (Wildman–Crippen LogP) is 2.37. The van der Waals surface area contributed by atoms with Gasteiger partial charge in [-0.15, -0.1) is 31.4 Å². The third-order valence-electron chi connectivity index (χ3n) is 3.00. The normalized spacial score (nSPS) is 17.1. The molecule has 0 aromatic heterocycles. The molecule has 2 N–H and O–H groups in total. The second kappa shape index (κ2) is 8.38. The summed E-state index contributed by atoms with van der Waals surface area (Å²) in [5.74, 6) is 0.312. The highest BCUT2D eigenvalue weighted by Crippen LogP contribution is 2.23. The predicted molar refractivity (Wildman–Crippen MR) is 80.0 cm³/mol. The maximum absolute atomic E-state index is 9.27. The van der Waals surface area contributed by atoms with Crippen LogP contribution in [0, 0.1) is 0 Å². The van der Waals surface area contributed by atoms with Crippen LogP contribution in [0.2, 0.25) is 0 Å². The van der Waals surface area contributed by atoms with Crippen LogP contribution in [0.4, 0.5) is 0 Å². The fraction of sp³-hybridized carbons (Fsp3) is 0.385. The zero-order chi connectivity index (χ0) is 11.4. The summed E-state index contributed by atoms with van der Waals surface area (Å²) >= 11 is 0. The molecule has 1 saturated heterocycles. The largest absolute Gasteiger partial charge is 0.508 e. The average molecular weight is 291 g/mol. The Hall–Kier alpha value is -0.740. The van der Waals surface area contributed by atoms with E-state index in [4.69, 9.17) is 0 Å². The third-order valence-corrected chi connectivity index (χ3v) is 3.00. The Morgan fingerprint density at radius 2 is 1.72 bits per heavy atom. The van der Waals surface area contributed by atoms with Crippen molar-refractivity contribution in [2.24, 2.45) is 0 Å². The molecular weight excluding hydrogens is 271 g/mol. The smallest absolute Gasteiger partial charge is 0.115 e. The van der Waals surface area contributed by atoms with Crippen molar-refractivity contribution >= 4 is 24.8 Å². The van der Waals surface area contributed by atoms with E-state index in [9.17, 15) is 5.11 Å². The van der Waals surface area contributed by atoms with Crippen molar-refractivity contribution in [2.75, 3.05) is 26.2 Å². The van der Waals surface area contributed by atoms with E-state index in [1.807, 2.05) is 18.2 Å². The van der Waals surface area contributed by atoms with E-state index in [1.165, 1.54) is 5.56 Å². The van der Waals surface area contributed by atoms with Crippen LogP contribution in [0.25, 0.3) is 0 Å². The van der Waals surface area contributed by atoms with Crippen LogP contribution in [0.1, 0.15) is 11.6 Å². The number of piperazine rings is 1. The number of halogens is 2. The first-order valence-corrected chi connectivity index (χ1v) is 5.67. The van der Waals surface area contributed by atoms with Gasteiger partial charge in [-0.1, -0.05) is 18.2 Å². The lowest BCUT2D eigenvalue weighted by Crippen LogP contribution is -2.44. The molecule has 0 unspecified atom stereocenters. The van der Waals surface area contributed by atoms with Crippen LogP contribution in [0.15, 0.2) is 36.9 Å². The standard InChI is InChI=1S/C13H18N2O.2ClH/c1-2-13(15-9-7-14-8-10-15)11-3-5-12(16)6-4-11;;/h2-6,13-14,16H,1,7-10H2;2*1H/t13-;;/m1../s1. The first-order valence-electron chi connectivity index (χ1n) is 5.67. The van der Waals surface area contributed by atoms with Gasteiger partial charge in [-0.25, -0.2) is 0 Å². The molecule has 1 aliphatic rings. The van der Waals surface area contributed by atoms with Gasteiger partial charge in [0.05, 0.1) is 6.04 Å². The molecule has 0 amide bonds. The molecule has 0 radical (unpaired) electrons. The van der Waals surface area contributed by atoms with Crippen LogP contribution in [-0.2, 0) is 0 Å². The molecule has 5 heteroatoms. The first-order chi connectivity index (χ1) is 7.81. The van der Waals surface area contributed by atoms with Crippen molar-refractivity contribution in [1.29, 1.82) is 0 Å². The molecule has 1 aromatic carbocycles. The minimum Gasteiger partial charge on any atom is -0.508 e. The number of nitrogens with zero attached hydrogens (tertiary/aromatic N) is 1. The lowest BCUT2D eigenvalue weighted by atomic mass is 10.0. The number of phenolic OH excluding ortho intramolecular Hbond substituents is 1. The van der Waals surface area contributed by atoms with E-state index in [2.05, 4.69) is 16.8 Å². The van der Waals surface area contributed by atoms with Gasteiger partial charge in [-0.3, -0.25) is 4.90 Å². The summed E-state index contributed by atoms with van der Waals surface area (Å²) in [4.78, 5) is 2.40. The van der Waals surface area contributed by atoms with Crippen LogP contribution in [0.3, 0.4) is 0 Å². The number of phenols is 1. The summed E-state index contributed by atoms with van der Waals surface area (Å²) in [6.07, 6.45) is 1.97. The molecule has 0 spiro atoms. The maximum atomic E-state index is 9.27. The molecule has 0 bridgehead atoms. The number of aromatic hydroxyl groups is 1. The quantitative estimate of drug-likeness (QED) is 0.839. The molecule has 18 heavy (non-hydrogen) atoms. The van der Waals surface area contributed by atoms with Gasteiger partial charge in [0.15, 0.2) is 0 Å². The van der Waals surface area contributed by atoms with E-state index >= 15 is 0 Å². The monoisotopic (exact) mass is 290 g/mol. The second-order valence-corrected chi connectivity index (χ2v) is 4.06. The summed E-state index contributed by atoms with van der Waals surface area (Å²) in [7, 11) is 0. The zero-order valence-corrected chi connectivity index (χ0v) is 11.8. The number of rotatable bonds is 3. The second-order valence-electron chi connectivity index (χ2n) is 4.06. The molecule has 1 aliphatic heterocycles. The van der Waals surface area contributed by atoms with E-state index in [-0.39, 0.29) is 30.9 Å². The zero-order valence-electron chi connectivity index (χ0n) is 10.2. The molecule has 1 atom stereocenters. The van der Waals surface area contributed by atoms with Gasteiger partial charge < -0.3 is 10.4 Å². The van der Waals surface area contributed by atoms with Crippen molar-refractivity contribution in [2.45, 2.75) is 6.04 Å². The summed E-state index contributed by atoms with van der Waals surface area (Å²) < 4.78 is 0. The Kier molecular flexibility index (Phi) is 8.03. The van der Waals surface area contributed by atoms with E-state index in [0.29, 0.717) is 5.75 Å². The Bertz CT molecular complexity index is 351. The number of hydrogen-bond acceptors (Lipinski definition) is 3. The molecule has 0 saturated carbocycles. The van der Waals surface area contributed by atoms with Crippen LogP contribution in [-0.4, -0.2) is 36.2 Å².